The van der Waals surface area contributed by atoms with E-state index in [9.17, 15) is 10.1 Å². The van der Waals surface area contributed by atoms with E-state index in [4.69, 9.17) is 9.47 Å². The number of nitro groups is 1. The van der Waals surface area contributed by atoms with Crippen molar-refractivity contribution in [1.29, 1.82) is 0 Å². The third kappa shape index (κ3) is 3.27. The van der Waals surface area contributed by atoms with Crippen molar-refractivity contribution in [2.45, 2.75) is 20.5 Å². The number of hydrogen-bond acceptors (Lipinski definition) is 7. The van der Waals surface area contributed by atoms with E-state index >= 15 is 0 Å². The van der Waals surface area contributed by atoms with Crippen LogP contribution in [0.1, 0.15) is 19.7 Å². The van der Waals surface area contributed by atoms with Gasteiger partial charge in [-0.05, 0) is 13.8 Å². The molecule has 1 aromatic heterocycles. The highest BCUT2D eigenvalue weighted by Crippen LogP contribution is 2.31. The molecular weight excluding hydrogens is 240 g/mol. The van der Waals surface area contributed by atoms with Crippen molar-refractivity contribution < 1.29 is 14.4 Å². The van der Waals surface area contributed by atoms with E-state index in [2.05, 4.69) is 15.3 Å². The van der Waals surface area contributed by atoms with Crippen molar-refractivity contribution in [2.24, 2.45) is 0 Å². The van der Waals surface area contributed by atoms with E-state index < -0.39 is 4.92 Å². The maximum atomic E-state index is 11.0. The molecule has 0 fully saturated rings. The summed E-state index contributed by atoms with van der Waals surface area (Å²) < 4.78 is 10.1. The smallest absolute Gasteiger partial charge is 0.372 e. The number of rotatable bonds is 7. The lowest BCUT2D eigenvalue weighted by Crippen LogP contribution is -2.11. The molecule has 8 heteroatoms. The summed E-state index contributed by atoms with van der Waals surface area (Å²) in [5.41, 5.74) is -0.251. The second-order valence-electron chi connectivity index (χ2n) is 3.30. The van der Waals surface area contributed by atoms with Crippen molar-refractivity contribution in [3.8, 4) is 5.88 Å². The van der Waals surface area contributed by atoms with Crippen molar-refractivity contribution in [1.82, 2.24) is 9.97 Å². The zero-order chi connectivity index (χ0) is 13.5. The predicted octanol–water partition coefficient (Wildman–Crippen LogP) is 1.36. The number of anilines is 1. The zero-order valence-electron chi connectivity index (χ0n) is 10.6. The minimum Gasteiger partial charge on any atom is -0.473 e. The minimum absolute atomic E-state index is 0.0412. The number of ether oxygens (including phenoxy) is 2. The van der Waals surface area contributed by atoms with Gasteiger partial charge in [-0.2, -0.15) is 4.98 Å². The van der Waals surface area contributed by atoms with Gasteiger partial charge in [-0.25, -0.2) is 4.98 Å². The van der Waals surface area contributed by atoms with E-state index in [1.54, 1.807) is 6.92 Å². The van der Waals surface area contributed by atoms with Crippen LogP contribution in [0.3, 0.4) is 0 Å². The van der Waals surface area contributed by atoms with Crippen LogP contribution in [0.5, 0.6) is 5.88 Å². The van der Waals surface area contributed by atoms with Crippen LogP contribution in [-0.2, 0) is 11.3 Å². The molecule has 8 nitrogen and oxygen atoms in total. The summed E-state index contributed by atoms with van der Waals surface area (Å²) in [5, 5.41) is 13.9. The normalized spacial score (nSPS) is 10.2. The molecule has 1 aromatic rings. The average molecular weight is 256 g/mol. The van der Waals surface area contributed by atoms with Gasteiger partial charge in [0, 0.05) is 13.7 Å². The quantitative estimate of drug-likeness (QED) is 0.580. The summed E-state index contributed by atoms with van der Waals surface area (Å²) in [6.45, 7) is 4.51. The largest absolute Gasteiger partial charge is 0.473 e. The first-order valence-electron chi connectivity index (χ1n) is 5.54. The predicted molar refractivity (Wildman–Crippen MR) is 64.7 cm³/mol. The number of aromatic nitrogens is 2. The molecule has 0 saturated heterocycles. The Balaban J connectivity index is 3.29. The monoisotopic (exact) mass is 256 g/mol. The van der Waals surface area contributed by atoms with E-state index in [0.29, 0.717) is 12.4 Å². The Labute approximate surface area is 104 Å². The van der Waals surface area contributed by atoms with Crippen LogP contribution < -0.4 is 10.1 Å². The van der Waals surface area contributed by atoms with E-state index in [1.807, 2.05) is 6.92 Å². The lowest BCUT2D eigenvalue weighted by atomic mass is 10.4. The SMILES string of the molecule is CCNc1nc(COC)nc(OCC)c1[N+](=O)[O-]. The molecule has 0 spiro atoms. The van der Waals surface area contributed by atoms with Gasteiger partial charge >= 0.3 is 5.69 Å². The molecule has 1 rings (SSSR count). The topological polar surface area (TPSA) is 99.4 Å². The molecule has 18 heavy (non-hydrogen) atoms. The summed E-state index contributed by atoms with van der Waals surface area (Å²) in [5.74, 6) is 0.441. The Morgan fingerprint density at radius 1 is 1.39 bits per heavy atom. The molecule has 0 unspecified atom stereocenters. The Morgan fingerprint density at radius 2 is 2.11 bits per heavy atom. The molecule has 0 radical (unpaired) electrons. The first kappa shape index (κ1) is 14.1. The summed E-state index contributed by atoms with van der Waals surface area (Å²) in [4.78, 5) is 18.5. The average Bonchev–Trinajstić information content (AvgIpc) is 2.29. The highest BCUT2D eigenvalue weighted by atomic mass is 16.6. The van der Waals surface area contributed by atoms with E-state index in [0.717, 1.165) is 0 Å². The number of hydrogen-bond donors (Lipinski definition) is 1. The van der Waals surface area contributed by atoms with E-state index in [1.165, 1.54) is 7.11 Å². The van der Waals surface area contributed by atoms with Crippen LogP contribution in [0.25, 0.3) is 0 Å². The van der Waals surface area contributed by atoms with Gasteiger partial charge in [0.25, 0.3) is 5.88 Å². The summed E-state index contributed by atoms with van der Waals surface area (Å²) >= 11 is 0. The number of nitrogens with zero attached hydrogens (tertiary/aromatic N) is 3. The standard InChI is InChI=1S/C10H16N4O4/c1-4-11-9-8(14(15)16)10(18-5-2)13-7(12-9)6-17-3/h4-6H2,1-3H3,(H,11,12,13). The molecular formula is C10H16N4O4. The summed E-state index contributed by atoms with van der Waals surface area (Å²) in [6, 6.07) is 0. The molecule has 0 amide bonds. The lowest BCUT2D eigenvalue weighted by molar-refractivity contribution is -0.385. The molecule has 0 aliphatic carbocycles. The van der Waals surface area contributed by atoms with Crippen LogP contribution in [-0.4, -0.2) is 35.2 Å². The summed E-state index contributed by atoms with van der Waals surface area (Å²) in [6.07, 6.45) is 0. The Hall–Kier alpha value is -1.96. The fourth-order valence-corrected chi connectivity index (χ4v) is 1.36. The van der Waals surface area contributed by atoms with Gasteiger partial charge in [0.2, 0.25) is 5.82 Å². The Morgan fingerprint density at radius 3 is 2.61 bits per heavy atom. The molecule has 1 heterocycles. The maximum Gasteiger partial charge on any atom is 0.372 e. The van der Waals surface area contributed by atoms with E-state index in [-0.39, 0.29) is 30.6 Å². The van der Waals surface area contributed by atoms with Crippen molar-refractivity contribution in [3.05, 3.63) is 15.9 Å². The molecule has 0 aliphatic rings. The summed E-state index contributed by atoms with van der Waals surface area (Å²) in [7, 11) is 1.50. The van der Waals surface area contributed by atoms with Gasteiger partial charge < -0.3 is 14.8 Å². The zero-order valence-corrected chi connectivity index (χ0v) is 10.6. The fraction of sp³-hybridized carbons (Fsp3) is 0.600. The minimum atomic E-state index is -0.556. The van der Waals surface area contributed by atoms with Crippen LogP contribution in [0.2, 0.25) is 0 Å². The van der Waals surface area contributed by atoms with Crippen LogP contribution >= 0.6 is 0 Å². The first-order valence-corrected chi connectivity index (χ1v) is 5.54. The van der Waals surface area contributed by atoms with Crippen molar-refractivity contribution >= 4 is 11.5 Å². The van der Waals surface area contributed by atoms with Gasteiger partial charge in [0.1, 0.15) is 6.61 Å². The van der Waals surface area contributed by atoms with Gasteiger partial charge in [-0.1, -0.05) is 0 Å². The van der Waals surface area contributed by atoms with Gasteiger partial charge in [-0.15, -0.1) is 0 Å². The third-order valence-electron chi connectivity index (χ3n) is 1.98. The maximum absolute atomic E-state index is 11.0. The molecule has 0 aliphatic heterocycles. The Kier molecular flexibility index (Phi) is 5.25. The molecule has 0 atom stereocenters. The molecule has 0 saturated carbocycles. The van der Waals surface area contributed by atoms with Crippen LogP contribution in [0.15, 0.2) is 0 Å². The van der Waals surface area contributed by atoms with Crippen LogP contribution in [0.4, 0.5) is 11.5 Å². The molecule has 0 aromatic carbocycles. The van der Waals surface area contributed by atoms with Crippen LogP contribution in [0, 0.1) is 10.1 Å². The van der Waals surface area contributed by atoms with Gasteiger partial charge in [0.15, 0.2) is 5.82 Å². The highest BCUT2D eigenvalue weighted by Gasteiger charge is 2.25. The molecule has 100 valence electrons. The number of nitrogens with one attached hydrogen (secondary N) is 1. The van der Waals surface area contributed by atoms with Gasteiger partial charge in [0.05, 0.1) is 11.5 Å². The third-order valence-corrected chi connectivity index (χ3v) is 1.98. The molecule has 0 bridgehead atoms. The van der Waals surface area contributed by atoms with Crippen molar-refractivity contribution in [2.75, 3.05) is 25.6 Å². The first-order chi connectivity index (χ1) is 8.63. The second-order valence-corrected chi connectivity index (χ2v) is 3.30. The van der Waals surface area contributed by atoms with Crippen molar-refractivity contribution in [3.63, 3.8) is 0 Å². The lowest BCUT2D eigenvalue weighted by Gasteiger charge is -2.09. The second kappa shape index (κ2) is 6.70. The van der Waals surface area contributed by atoms with Gasteiger partial charge in [-0.3, -0.25) is 10.1 Å². The number of methoxy groups -OCH3 is 1. The highest BCUT2D eigenvalue weighted by molar-refractivity contribution is 5.61. The molecule has 1 N–H and O–H groups in total. The fourth-order valence-electron chi connectivity index (χ4n) is 1.36. The Bertz CT molecular complexity index is 397.